The first-order valence-electron chi connectivity index (χ1n) is 5.12. The summed E-state index contributed by atoms with van der Waals surface area (Å²) in [6.07, 6.45) is 5.09. The van der Waals surface area contributed by atoms with Crippen molar-refractivity contribution in [1.29, 1.82) is 0 Å². The van der Waals surface area contributed by atoms with Crippen molar-refractivity contribution >= 4 is 11.9 Å². The lowest BCUT2D eigenvalue weighted by molar-refractivity contribution is -0.141. The lowest BCUT2D eigenvalue weighted by Crippen LogP contribution is -2.45. The first kappa shape index (κ1) is 9.49. The molecule has 0 radical (unpaired) electrons. The van der Waals surface area contributed by atoms with Crippen molar-refractivity contribution in [3.8, 4) is 0 Å². The van der Waals surface area contributed by atoms with E-state index in [1.807, 2.05) is 0 Å². The van der Waals surface area contributed by atoms with Crippen molar-refractivity contribution in [2.24, 2.45) is 5.92 Å². The van der Waals surface area contributed by atoms with Crippen molar-refractivity contribution in [3.63, 3.8) is 0 Å². The minimum absolute atomic E-state index is 0.0444. The molecular formula is C10H15NO3. The van der Waals surface area contributed by atoms with E-state index in [0.29, 0.717) is 0 Å². The molecule has 0 unspecified atom stereocenters. The van der Waals surface area contributed by atoms with Crippen LogP contribution in [-0.4, -0.2) is 22.5 Å². The molecule has 0 aliphatic heterocycles. The van der Waals surface area contributed by atoms with E-state index in [-0.39, 0.29) is 11.4 Å². The lowest BCUT2D eigenvalue weighted by atomic mass is 9.93. The van der Waals surface area contributed by atoms with Gasteiger partial charge in [0.05, 0.1) is 0 Å². The molecule has 78 valence electrons. The number of carboxylic acid groups (broad SMARTS) is 1. The van der Waals surface area contributed by atoms with Crippen molar-refractivity contribution in [3.05, 3.63) is 0 Å². The molecule has 14 heavy (non-hydrogen) atoms. The Balaban J connectivity index is 1.90. The van der Waals surface area contributed by atoms with Gasteiger partial charge in [-0.15, -0.1) is 0 Å². The van der Waals surface area contributed by atoms with Gasteiger partial charge in [0.1, 0.15) is 6.42 Å². The maximum absolute atomic E-state index is 11.3. The monoisotopic (exact) mass is 197 g/mol. The van der Waals surface area contributed by atoms with E-state index in [0.717, 1.165) is 25.2 Å². The van der Waals surface area contributed by atoms with E-state index in [1.165, 1.54) is 12.8 Å². The molecule has 2 N–H and O–H groups in total. The predicted molar refractivity (Wildman–Crippen MR) is 49.7 cm³/mol. The van der Waals surface area contributed by atoms with Gasteiger partial charge < -0.3 is 10.4 Å². The van der Waals surface area contributed by atoms with Crippen LogP contribution in [0.4, 0.5) is 0 Å². The Labute approximate surface area is 82.7 Å². The molecule has 2 fully saturated rings. The van der Waals surface area contributed by atoms with E-state index >= 15 is 0 Å². The molecule has 0 saturated heterocycles. The summed E-state index contributed by atoms with van der Waals surface area (Å²) in [6.45, 7) is 0. The van der Waals surface area contributed by atoms with Crippen LogP contribution in [-0.2, 0) is 9.59 Å². The quantitative estimate of drug-likeness (QED) is 0.661. The fourth-order valence-corrected chi connectivity index (χ4v) is 2.84. The zero-order chi connectivity index (χ0) is 10.2. The molecule has 2 bridgehead atoms. The number of fused-ring (bicyclic) bond motifs is 2. The average molecular weight is 197 g/mol. The highest BCUT2D eigenvalue weighted by Gasteiger charge is 2.45. The van der Waals surface area contributed by atoms with Crippen LogP contribution >= 0.6 is 0 Å². The standard InChI is InChI=1S/C10H15NO3/c12-8(5-9(13)14)11-10-3-1-7(6-10)2-4-10/h7H,1-6H2,(H,11,12)(H,13,14). The number of hydrogen-bond donors (Lipinski definition) is 2. The van der Waals surface area contributed by atoms with Crippen molar-refractivity contribution in [2.45, 2.75) is 44.1 Å². The third-order valence-electron chi connectivity index (χ3n) is 3.46. The Morgan fingerprint density at radius 2 is 2.00 bits per heavy atom. The minimum Gasteiger partial charge on any atom is -0.481 e. The second-order valence-electron chi connectivity index (χ2n) is 4.55. The number of carbonyl (C=O) groups is 2. The van der Waals surface area contributed by atoms with E-state index in [9.17, 15) is 9.59 Å². The van der Waals surface area contributed by atoms with Crippen molar-refractivity contribution < 1.29 is 14.7 Å². The molecule has 2 aliphatic rings. The molecule has 0 aromatic rings. The van der Waals surface area contributed by atoms with Gasteiger partial charge >= 0.3 is 5.97 Å². The number of rotatable bonds is 3. The molecule has 2 rings (SSSR count). The molecule has 0 spiro atoms. The number of amides is 1. The molecule has 0 heterocycles. The first-order valence-corrected chi connectivity index (χ1v) is 5.12. The van der Waals surface area contributed by atoms with E-state index < -0.39 is 12.4 Å². The van der Waals surface area contributed by atoms with Gasteiger partial charge in [0.15, 0.2) is 0 Å². The van der Waals surface area contributed by atoms with Crippen LogP contribution in [0.15, 0.2) is 0 Å². The first-order chi connectivity index (χ1) is 6.60. The van der Waals surface area contributed by atoms with Crippen LogP contribution in [0, 0.1) is 5.92 Å². The lowest BCUT2D eigenvalue weighted by Gasteiger charge is -2.27. The summed E-state index contributed by atoms with van der Waals surface area (Å²) in [4.78, 5) is 21.6. The van der Waals surface area contributed by atoms with Crippen LogP contribution < -0.4 is 5.32 Å². The zero-order valence-electron chi connectivity index (χ0n) is 8.08. The van der Waals surface area contributed by atoms with Gasteiger partial charge in [0.2, 0.25) is 5.91 Å². The van der Waals surface area contributed by atoms with Gasteiger partial charge in [-0.2, -0.15) is 0 Å². The fourth-order valence-electron chi connectivity index (χ4n) is 2.84. The van der Waals surface area contributed by atoms with Crippen LogP contribution in [0.5, 0.6) is 0 Å². The van der Waals surface area contributed by atoms with Crippen molar-refractivity contribution in [2.75, 3.05) is 0 Å². The molecule has 1 amide bonds. The molecule has 4 nitrogen and oxygen atoms in total. The Bertz CT molecular complexity index is 267. The Morgan fingerprint density at radius 3 is 2.43 bits per heavy atom. The van der Waals surface area contributed by atoms with Crippen LogP contribution in [0.25, 0.3) is 0 Å². The second kappa shape index (κ2) is 3.26. The highest BCUT2D eigenvalue weighted by molar-refractivity contribution is 5.93. The average Bonchev–Trinajstić information content (AvgIpc) is 2.60. The predicted octanol–water partition coefficient (Wildman–Crippen LogP) is 0.910. The summed E-state index contributed by atoms with van der Waals surface area (Å²) in [5.41, 5.74) is -0.0444. The van der Waals surface area contributed by atoms with Crippen LogP contribution in [0.1, 0.15) is 38.5 Å². The number of carboxylic acids is 1. The smallest absolute Gasteiger partial charge is 0.312 e. The molecular weight excluding hydrogens is 182 g/mol. The summed E-state index contributed by atoms with van der Waals surface area (Å²) in [5.74, 6) is -0.619. The number of hydrogen-bond acceptors (Lipinski definition) is 2. The maximum Gasteiger partial charge on any atom is 0.312 e. The molecule has 0 atom stereocenters. The number of nitrogens with one attached hydrogen (secondary N) is 1. The maximum atomic E-state index is 11.3. The molecule has 0 aromatic carbocycles. The Kier molecular flexibility index (Phi) is 2.21. The van der Waals surface area contributed by atoms with E-state index in [1.54, 1.807) is 0 Å². The van der Waals surface area contributed by atoms with E-state index in [2.05, 4.69) is 5.32 Å². The third kappa shape index (κ3) is 1.74. The van der Waals surface area contributed by atoms with Crippen LogP contribution in [0.3, 0.4) is 0 Å². The van der Waals surface area contributed by atoms with Gasteiger partial charge in [-0.25, -0.2) is 0 Å². The highest BCUT2D eigenvalue weighted by atomic mass is 16.4. The van der Waals surface area contributed by atoms with Gasteiger partial charge in [-0.3, -0.25) is 9.59 Å². The zero-order valence-corrected chi connectivity index (χ0v) is 8.08. The number of carbonyl (C=O) groups excluding carboxylic acids is 1. The third-order valence-corrected chi connectivity index (χ3v) is 3.46. The van der Waals surface area contributed by atoms with Gasteiger partial charge in [0.25, 0.3) is 0 Å². The molecule has 2 saturated carbocycles. The minimum atomic E-state index is -1.05. The fraction of sp³-hybridized carbons (Fsp3) is 0.800. The van der Waals surface area contributed by atoms with E-state index in [4.69, 9.17) is 5.11 Å². The normalized spacial score (nSPS) is 34.4. The Morgan fingerprint density at radius 1 is 1.36 bits per heavy atom. The van der Waals surface area contributed by atoms with Gasteiger partial charge in [-0.1, -0.05) is 0 Å². The van der Waals surface area contributed by atoms with Crippen molar-refractivity contribution in [1.82, 2.24) is 5.32 Å². The number of aliphatic carboxylic acids is 1. The highest BCUT2D eigenvalue weighted by Crippen LogP contribution is 2.47. The summed E-state index contributed by atoms with van der Waals surface area (Å²) in [7, 11) is 0. The Hall–Kier alpha value is -1.06. The summed E-state index contributed by atoms with van der Waals surface area (Å²) in [6, 6.07) is 0. The van der Waals surface area contributed by atoms with Gasteiger partial charge in [-0.05, 0) is 38.0 Å². The molecule has 2 aliphatic carbocycles. The molecule has 0 aromatic heterocycles. The summed E-state index contributed by atoms with van der Waals surface area (Å²) >= 11 is 0. The topological polar surface area (TPSA) is 66.4 Å². The largest absolute Gasteiger partial charge is 0.481 e. The SMILES string of the molecule is O=C(O)CC(=O)NC12CCC(CC1)C2. The summed E-state index contributed by atoms with van der Waals surface area (Å²) < 4.78 is 0. The molecule has 4 heteroatoms. The van der Waals surface area contributed by atoms with Gasteiger partial charge in [0, 0.05) is 5.54 Å². The van der Waals surface area contributed by atoms with Crippen LogP contribution in [0.2, 0.25) is 0 Å². The second-order valence-corrected chi connectivity index (χ2v) is 4.55. The summed E-state index contributed by atoms with van der Waals surface area (Å²) in [5, 5.41) is 11.4.